The predicted molar refractivity (Wildman–Crippen MR) is 36.6 cm³/mol. The van der Waals surface area contributed by atoms with Gasteiger partial charge in [0, 0.05) is 0 Å². The molecule has 0 aliphatic carbocycles. The van der Waals surface area contributed by atoms with Gasteiger partial charge in [-0.1, -0.05) is 0 Å². The van der Waals surface area contributed by atoms with Gasteiger partial charge in [-0.3, -0.25) is 0 Å². The molecule has 0 aliphatic rings. The van der Waals surface area contributed by atoms with E-state index in [2.05, 4.69) is 14.9 Å². The van der Waals surface area contributed by atoms with E-state index in [0.29, 0.717) is 0 Å². The molecular formula is C3H8BPS. The first-order valence-electron chi connectivity index (χ1n) is 1.94. The Kier molecular flexibility index (Phi) is 4.13. The van der Waals surface area contributed by atoms with E-state index in [9.17, 15) is 0 Å². The van der Waals surface area contributed by atoms with Crippen LogP contribution >= 0.6 is 8.02 Å². The molecule has 0 saturated carbocycles. The number of hydrogen-bond donors (Lipinski definition) is 0. The van der Waals surface area contributed by atoms with E-state index in [0.717, 1.165) is 5.75 Å². The van der Waals surface area contributed by atoms with Gasteiger partial charge in [-0.05, 0) is 0 Å². The molecule has 0 N–H and O–H groups in total. The summed E-state index contributed by atoms with van der Waals surface area (Å²) in [6, 6.07) is 0. The van der Waals surface area contributed by atoms with Crippen LogP contribution in [0.15, 0.2) is 0 Å². The van der Waals surface area contributed by atoms with Gasteiger partial charge in [0.15, 0.2) is 0 Å². The Morgan fingerprint density at radius 2 is 2.33 bits per heavy atom. The second-order valence-corrected chi connectivity index (χ2v) is 3.97. The van der Waals surface area contributed by atoms with Crippen molar-refractivity contribution < 1.29 is 0 Å². The Bertz CT molecular complexity index is 123. The zero-order valence-electron chi connectivity index (χ0n) is 3.90. The topological polar surface area (TPSA) is 0 Å². The molecule has 0 saturated heterocycles. The van der Waals surface area contributed by atoms with Gasteiger partial charge >= 0.3 is 43.0 Å². The van der Waals surface area contributed by atoms with Gasteiger partial charge < -0.3 is 0 Å². The van der Waals surface area contributed by atoms with Gasteiger partial charge in [0.25, 0.3) is 0 Å². The average molecular weight is 118 g/mol. The number of hydrogen-bond acceptors (Lipinski definition) is 0. The molecule has 3 heteroatoms. The third-order valence-corrected chi connectivity index (χ3v) is 1.88. The van der Waals surface area contributed by atoms with Crippen molar-refractivity contribution in [3.63, 3.8) is 0 Å². The van der Waals surface area contributed by atoms with Crippen molar-refractivity contribution in [3.05, 3.63) is 0 Å². The summed E-state index contributed by atoms with van der Waals surface area (Å²) in [5.41, 5.74) is 0. The van der Waals surface area contributed by atoms with Crippen LogP contribution in [0.1, 0.15) is 13.3 Å². The first-order chi connectivity index (χ1) is 2.77. The molecule has 0 heterocycles. The minimum atomic E-state index is -0.0100. The van der Waals surface area contributed by atoms with Gasteiger partial charge in [-0.2, -0.15) is 0 Å². The third kappa shape index (κ3) is 4.58. The van der Waals surface area contributed by atoms with Crippen LogP contribution in [0.25, 0.3) is 0 Å². The summed E-state index contributed by atoms with van der Waals surface area (Å²) in [4.78, 5) is 0. The van der Waals surface area contributed by atoms with Gasteiger partial charge in [-0.25, -0.2) is 0 Å². The Hall–Kier alpha value is 0.585. The Balaban J connectivity index is 3.16. The standard InChI is InChI=1S/C3H8BPS/c1-2-3-6(4)5/h5H,2-3H2,1H3. The molecule has 6 heavy (non-hydrogen) atoms. The van der Waals surface area contributed by atoms with Crippen molar-refractivity contribution in [2.24, 2.45) is 0 Å². The van der Waals surface area contributed by atoms with Crippen molar-refractivity contribution in [1.29, 1.82) is 0 Å². The van der Waals surface area contributed by atoms with Gasteiger partial charge in [-0.15, -0.1) is 0 Å². The van der Waals surface area contributed by atoms with Crippen molar-refractivity contribution in [1.82, 2.24) is 0 Å². The fraction of sp³-hybridized carbons (Fsp3) is 1.00. The van der Waals surface area contributed by atoms with Crippen molar-refractivity contribution in [2.75, 3.05) is 5.75 Å². The van der Waals surface area contributed by atoms with Crippen LogP contribution in [0.5, 0.6) is 0 Å². The minimum absolute atomic E-state index is 0.0100. The molecule has 0 aromatic carbocycles. The van der Waals surface area contributed by atoms with E-state index in [1.54, 1.807) is 0 Å². The molecule has 0 rings (SSSR count). The summed E-state index contributed by atoms with van der Waals surface area (Å²) in [5, 5.41) is 0. The summed E-state index contributed by atoms with van der Waals surface area (Å²) in [7, 11) is 3.27. The van der Waals surface area contributed by atoms with Crippen LogP contribution in [-0.4, -0.2) is 12.3 Å². The molecule has 0 atom stereocenters. The molecule has 0 aromatic rings. The van der Waals surface area contributed by atoms with Crippen molar-refractivity contribution in [2.45, 2.75) is 13.3 Å². The summed E-state index contributed by atoms with van der Waals surface area (Å²) in [5.74, 6) is 1.09. The van der Waals surface area contributed by atoms with Crippen LogP contribution in [-0.2, 0) is 9.31 Å². The zero-order valence-corrected chi connectivity index (χ0v) is 5.72. The molecule has 0 aromatic heterocycles. The van der Waals surface area contributed by atoms with Crippen LogP contribution in [0, 0.1) is 0 Å². The average Bonchev–Trinajstić information content (AvgIpc) is 1.35. The Morgan fingerprint density at radius 1 is 1.83 bits per heavy atom. The fourth-order valence-corrected chi connectivity index (χ4v) is 1.27. The van der Waals surface area contributed by atoms with E-state index in [4.69, 9.17) is 6.53 Å². The van der Waals surface area contributed by atoms with Crippen molar-refractivity contribution >= 4 is 23.9 Å². The zero-order chi connectivity index (χ0) is 4.99. The summed E-state index contributed by atoms with van der Waals surface area (Å²) >= 11 is 0. The number of rotatable bonds is 1. The summed E-state index contributed by atoms with van der Waals surface area (Å²) in [6.07, 6.45) is 1.17. The monoisotopic (exact) mass is 118 g/mol. The molecule has 34 valence electrons. The molecule has 0 fully saturated rings. The maximum absolute atomic E-state index is 5.34. The normalized spacial score (nSPS) is 8.50. The molecule has 0 radical (unpaired) electrons. The Labute approximate surface area is 43.6 Å². The maximum atomic E-state index is 5.34. The van der Waals surface area contributed by atoms with E-state index >= 15 is 0 Å². The molecule has 0 nitrogen and oxygen atoms in total. The van der Waals surface area contributed by atoms with Crippen LogP contribution in [0.2, 0.25) is 0 Å². The third-order valence-electron chi connectivity index (χ3n) is 0.424. The van der Waals surface area contributed by atoms with Gasteiger partial charge in [0.2, 0.25) is 0 Å². The molecule has 0 spiro atoms. The van der Waals surface area contributed by atoms with Gasteiger partial charge in [0.1, 0.15) is 0 Å². The van der Waals surface area contributed by atoms with E-state index in [-0.39, 0.29) is 9.31 Å². The Morgan fingerprint density at radius 3 is 2.33 bits per heavy atom. The quantitative estimate of drug-likeness (QED) is 0.358. The summed E-state index contributed by atoms with van der Waals surface area (Å²) < 4.78 is 0. The van der Waals surface area contributed by atoms with Gasteiger partial charge in [0.05, 0.1) is 0 Å². The summed E-state index contributed by atoms with van der Waals surface area (Å²) in [6.45, 7) is 7.46. The molecular weight excluding hydrogens is 110 g/mol. The van der Waals surface area contributed by atoms with Crippen LogP contribution in [0.4, 0.5) is 0 Å². The van der Waals surface area contributed by atoms with Crippen LogP contribution < -0.4 is 0 Å². The second kappa shape index (κ2) is 3.76. The first kappa shape index (κ1) is 6.58. The van der Waals surface area contributed by atoms with Crippen LogP contribution in [0.3, 0.4) is 0 Å². The second-order valence-electron chi connectivity index (χ2n) is 1.13. The van der Waals surface area contributed by atoms with E-state index < -0.39 is 0 Å². The van der Waals surface area contributed by atoms with E-state index in [1.165, 1.54) is 6.42 Å². The first-order valence-corrected chi connectivity index (χ1v) is 4.62. The molecule has 0 bridgehead atoms. The molecule has 0 aliphatic heterocycles. The molecule has 0 amide bonds. The fourth-order valence-electron chi connectivity index (χ4n) is 0.220. The van der Waals surface area contributed by atoms with E-state index in [1.807, 2.05) is 0 Å². The molecule has 0 unspecified atom stereocenters. The predicted octanol–water partition coefficient (Wildman–Crippen LogP) is 1.16. The van der Waals surface area contributed by atoms with Crippen molar-refractivity contribution in [3.8, 4) is 0 Å². The SMILES string of the molecule is B#S(=P)CCC.